The molecule has 0 spiro atoms. The third-order valence-electron chi connectivity index (χ3n) is 3.30. The summed E-state index contributed by atoms with van der Waals surface area (Å²) in [7, 11) is 0. The number of benzene rings is 1. The fourth-order valence-corrected chi connectivity index (χ4v) is 2.28. The van der Waals surface area contributed by atoms with E-state index in [0.29, 0.717) is 12.1 Å². The van der Waals surface area contributed by atoms with E-state index in [1.165, 1.54) is 5.56 Å². The van der Waals surface area contributed by atoms with Crippen molar-refractivity contribution in [3.8, 4) is 0 Å². The molecule has 5 nitrogen and oxygen atoms in total. The van der Waals surface area contributed by atoms with Crippen molar-refractivity contribution < 1.29 is 4.79 Å². The standard InChI is InChI=1S/C14H16N4O/c19-14(16-9-12-5-7-17-18-12)11-3-4-13-10(8-11)2-1-6-15-13/h3-5,7-8,15H,1-2,6,9H2,(H,16,19)(H,17,18). The van der Waals surface area contributed by atoms with Crippen molar-refractivity contribution in [1.82, 2.24) is 15.5 Å². The van der Waals surface area contributed by atoms with Crippen LogP contribution < -0.4 is 10.6 Å². The molecule has 3 N–H and O–H groups in total. The summed E-state index contributed by atoms with van der Waals surface area (Å²) in [5, 5.41) is 12.9. The van der Waals surface area contributed by atoms with Gasteiger partial charge in [0.05, 0.1) is 12.2 Å². The molecule has 1 aliphatic heterocycles. The van der Waals surface area contributed by atoms with Gasteiger partial charge in [0, 0.05) is 24.0 Å². The summed E-state index contributed by atoms with van der Waals surface area (Å²) in [5.41, 5.74) is 3.98. The van der Waals surface area contributed by atoms with Gasteiger partial charge in [0.25, 0.3) is 5.91 Å². The molecule has 1 aromatic carbocycles. The number of carbonyl (C=O) groups is 1. The molecule has 0 fully saturated rings. The van der Waals surface area contributed by atoms with Crippen molar-refractivity contribution in [2.75, 3.05) is 11.9 Å². The van der Waals surface area contributed by atoms with Gasteiger partial charge in [-0.25, -0.2) is 0 Å². The normalized spacial score (nSPS) is 13.5. The van der Waals surface area contributed by atoms with Crippen LogP contribution in [0.2, 0.25) is 0 Å². The van der Waals surface area contributed by atoms with Gasteiger partial charge < -0.3 is 10.6 Å². The van der Waals surface area contributed by atoms with E-state index in [1.807, 2.05) is 24.3 Å². The monoisotopic (exact) mass is 256 g/mol. The minimum absolute atomic E-state index is 0.0528. The number of anilines is 1. The number of hydrogen-bond donors (Lipinski definition) is 3. The first-order valence-electron chi connectivity index (χ1n) is 6.46. The van der Waals surface area contributed by atoms with E-state index in [1.54, 1.807) is 6.20 Å². The van der Waals surface area contributed by atoms with Gasteiger partial charge in [-0.3, -0.25) is 9.89 Å². The first kappa shape index (κ1) is 11.8. The summed E-state index contributed by atoms with van der Waals surface area (Å²) >= 11 is 0. The van der Waals surface area contributed by atoms with Crippen LogP contribution in [0.5, 0.6) is 0 Å². The lowest BCUT2D eigenvalue weighted by atomic mass is 10.0. The second-order valence-electron chi connectivity index (χ2n) is 4.67. The van der Waals surface area contributed by atoms with Crippen molar-refractivity contribution in [2.24, 2.45) is 0 Å². The van der Waals surface area contributed by atoms with Crippen molar-refractivity contribution >= 4 is 11.6 Å². The average Bonchev–Trinajstić information content (AvgIpc) is 2.97. The van der Waals surface area contributed by atoms with Crippen LogP contribution in [0.25, 0.3) is 0 Å². The number of nitrogens with zero attached hydrogens (tertiary/aromatic N) is 1. The summed E-state index contributed by atoms with van der Waals surface area (Å²) in [6.07, 6.45) is 3.82. The summed E-state index contributed by atoms with van der Waals surface area (Å²) in [6, 6.07) is 7.67. The van der Waals surface area contributed by atoms with Gasteiger partial charge >= 0.3 is 0 Å². The predicted molar refractivity (Wildman–Crippen MR) is 73.0 cm³/mol. The molecule has 19 heavy (non-hydrogen) atoms. The highest BCUT2D eigenvalue weighted by Gasteiger charge is 2.12. The van der Waals surface area contributed by atoms with Crippen molar-refractivity contribution in [2.45, 2.75) is 19.4 Å². The molecule has 0 saturated heterocycles. The second kappa shape index (κ2) is 5.14. The van der Waals surface area contributed by atoms with Gasteiger partial charge in [0.15, 0.2) is 0 Å². The fraction of sp³-hybridized carbons (Fsp3) is 0.286. The molecule has 1 amide bonds. The highest BCUT2D eigenvalue weighted by molar-refractivity contribution is 5.94. The number of aromatic amines is 1. The number of nitrogens with one attached hydrogen (secondary N) is 3. The zero-order valence-electron chi connectivity index (χ0n) is 10.6. The topological polar surface area (TPSA) is 69.8 Å². The molecule has 1 aliphatic rings. The molecule has 98 valence electrons. The number of aryl methyl sites for hydroxylation is 1. The molecule has 0 unspecified atom stereocenters. The van der Waals surface area contributed by atoms with Crippen LogP contribution >= 0.6 is 0 Å². The van der Waals surface area contributed by atoms with E-state index in [2.05, 4.69) is 20.8 Å². The van der Waals surface area contributed by atoms with Crippen molar-refractivity contribution in [3.05, 3.63) is 47.3 Å². The van der Waals surface area contributed by atoms with Gasteiger partial charge in [-0.1, -0.05) is 0 Å². The number of hydrogen-bond acceptors (Lipinski definition) is 3. The number of H-pyrrole nitrogens is 1. The lowest BCUT2D eigenvalue weighted by molar-refractivity contribution is 0.0950. The maximum atomic E-state index is 12.1. The molecule has 0 atom stereocenters. The first-order valence-corrected chi connectivity index (χ1v) is 6.46. The van der Waals surface area contributed by atoms with E-state index < -0.39 is 0 Å². The molecule has 0 saturated carbocycles. The summed E-state index contributed by atoms with van der Waals surface area (Å²) in [5.74, 6) is -0.0528. The molecular formula is C14H16N4O. The Morgan fingerprint density at radius 3 is 3.16 bits per heavy atom. The van der Waals surface area contributed by atoms with Crippen LogP contribution in [0, 0.1) is 0 Å². The number of fused-ring (bicyclic) bond motifs is 1. The Morgan fingerprint density at radius 2 is 2.32 bits per heavy atom. The van der Waals surface area contributed by atoms with Gasteiger partial charge in [-0.05, 0) is 42.7 Å². The zero-order valence-corrected chi connectivity index (χ0v) is 10.6. The van der Waals surface area contributed by atoms with Crippen LogP contribution in [-0.4, -0.2) is 22.6 Å². The van der Waals surface area contributed by atoms with Crippen molar-refractivity contribution in [3.63, 3.8) is 0 Å². The fourth-order valence-electron chi connectivity index (χ4n) is 2.28. The van der Waals surface area contributed by atoms with Crippen LogP contribution in [0.15, 0.2) is 30.5 Å². The minimum atomic E-state index is -0.0528. The van der Waals surface area contributed by atoms with Crippen molar-refractivity contribution in [1.29, 1.82) is 0 Å². The maximum absolute atomic E-state index is 12.1. The van der Waals surface area contributed by atoms with Crippen LogP contribution in [-0.2, 0) is 13.0 Å². The van der Waals surface area contributed by atoms with E-state index in [9.17, 15) is 4.79 Å². The molecule has 3 rings (SSSR count). The van der Waals surface area contributed by atoms with E-state index in [-0.39, 0.29) is 5.91 Å². The zero-order chi connectivity index (χ0) is 13.1. The number of rotatable bonds is 3. The maximum Gasteiger partial charge on any atom is 0.251 e. The quantitative estimate of drug-likeness (QED) is 0.782. The minimum Gasteiger partial charge on any atom is -0.385 e. The molecule has 5 heteroatoms. The number of aromatic nitrogens is 2. The van der Waals surface area contributed by atoms with E-state index in [0.717, 1.165) is 30.8 Å². The van der Waals surface area contributed by atoms with Gasteiger partial charge in [-0.2, -0.15) is 5.10 Å². The summed E-state index contributed by atoms with van der Waals surface area (Å²) < 4.78 is 0. The molecule has 2 heterocycles. The van der Waals surface area contributed by atoms with Crippen LogP contribution in [0.3, 0.4) is 0 Å². The lowest BCUT2D eigenvalue weighted by Crippen LogP contribution is -2.23. The Morgan fingerprint density at radius 1 is 1.37 bits per heavy atom. The second-order valence-corrected chi connectivity index (χ2v) is 4.67. The molecule has 1 aromatic heterocycles. The SMILES string of the molecule is O=C(NCc1ccn[nH]1)c1ccc2c(c1)CCCN2. The Bertz CT molecular complexity index is 577. The molecule has 0 radical (unpaired) electrons. The highest BCUT2D eigenvalue weighted by atomic mass is 16.1. The number of carbonyl (C=O) groups excluding carboxylic acids is 1. The Kier molecular flexibility index (Phi) is 3.18. The molecule has 2 aromatic rings. The predicted octanol–water partition coefficient (Wildman–Crippen LogP) is 1.70. The molecular weight excluding hydrogens is 240 g/mol. The summed E-state index contributed by atoms with van der Waals surface area (Å²) in [4.78, 5) is 12.1. The Balaban J connectivity index is 1.69. The highest BCUT2D eigenvalue weighted by Crippen LogP contribution is 2.22. The van der Waals surface area contributed by atoms with E-state index in [4.69, 9.17) is 0 Å². The molecule has 0 bridgehead atoms. The number of amides is 1. The van der Waals surface area contributed by atoms with Gasteiger partial charge in [-0.15, -0.1) is 0 Å². The molecule has 0 aliphatic carbocycles. The van der Waals surface area contributed by atoms with Crippen LogP contribution in [0.4, 0.5) is 5.69 Å². The Labute approximate surface area is 111 Å². The smallest absolute Gasteiger partial charge is 0.251 e. The van der Waals surface area contributed by atoms with Crippen LogP contribution in [0.1, 0.15) is 28.0 Å². The first-order chi connectivity index (χ1) is 9.33. The van der Waals surface area contributed by atoms with Gasteiger partial charge in [0.2, 0.25) is 0 Å². The van der Waals surface area contributed by atoms with Gasteiger partial charge in [0.1, 0.15) is 0 Å². The van der Waals surface area contributed by atoms with E-state index >= 15 is 0 Å². The average molecular weight is 256 g/mol. The largest absolute Gasteiger partial charge is 0.385 e. The third-order valence-corrected chi connectivity index (χ3v) is 3.30. The summed E-state index contributed by atoms with van der Waals surface area (Å²) in [6.45, 7) is 1.48. The third kappa shape index (κ3) is 2.59. The lowest BCUT2D eigenvalue weighted by Gasteiger charge is -2.18. The Hall–Kier alpha value is -2.30.